The van der Waals surface area contributed by atoms with Gasteiger partial charge in [0.15, 0.2) is 12.6 Å². The lowest BCUT2D eigenvalue weighted by Crippen LogP contribution is -2.44. The highest BCUT2D eigenvalue weighted by Gasteiger charge is 2.27. The Morgan fingerprint density at radius 2 is 1.43 bits per heavy atom. The quantitative estimate of drug-likeness (QED) is 0.0394. The molecule has 0 unspecified atom stereocenters. The molecule has 9 nitrogen and oxygen atoms in total. The number of benzene rings is 2. The summed E-state index contributed by atoms with van der Waals surface area (Å²) in [6.07, 6.45) is 36.5. The average molecular weight is 787 g/mol. The second-order valence-electron chi connectivity index (χ2n) is 14.2. The Bertz CT molecular complexity index is 2010. The number of ketones is 1. The average Bonchev–Trinajstić information content (AvgIpc) is 3.61. The summed E-state index contributed by atoms with van der Waals surface area (Å²) in [7, 11) is 2.01. The third-order valence-electron chi connectivity index (χ3n) is 9.86. The molecule has 58 heavy (non-hydrogen) atoms. The summed E-state index contributed by atoms with van der Waals surface area (Å²) in [5.74, 6) is 1.69. The van der Waals surface area contributed by atoms with Crippen LogP contribution in [-0.2, 0) is 16.1 Å². The van der Waals surface area contributed by atoms with Crippen molar-refractivity contribution in [1.29, 1.82) is 0 Å². The maximum Gasteiger partial charge on any atom is 0.228 e. The van der Waals surface area contributed by atoms with Crippen LogP contribution in [0.3, 0.4) is 0 Å². The summed E-state index contributed by atoms with van der Waals surface area (Å²) in [6, 6.07) is 16.7. The number of fused-ring (bicyclic) bond motifs is 1. The van der Waals surface area contributed by atoms with Gasteiger partial charge in [-0.25, -0.2) is 14.4 Å². The minimum atomic E-state index is -0.240. The standard InChI is InChI=1S/C48H59FN6O3/c1-3-4-5-6-7-8-9-10-11-12-13-14-15-16-17-18-19-20-21-24-43(56)38-57-39-58-46-31-34-50-47(52-46)53(2)42-32-35-54(36-33-42)48-51-44-25-22-23-26-45(44)55(48)37-40-27-29-41(49)30-28-40/h4-5,7-8,10-11,13-14,16-17,19-20,22-23,25-31,34,42H,3,6,9,12,15,18,21,24,32-33,35-39H2,1-2H3/b5-4-,8-7-,11-10-,14-13-,17-16-,20-19-. The highest BCUT2D eigenvalue weighted by Crippen LogP contribution is 2.28. The molecule has 3 heterocycles. The van der Waals surface area contributed by atoms with E-state index in [1.165, 1.54) is 12.1 Å². The first-order valence-electron chi connectivity index (χ1n) is 20.6. The van der Waals surface area contributed by atoms with Gasteiger partial charge in [-0.05, 0) is 87.6 Å². The molecule has 1 aliphatic heterocycles. The van der Waals surface area contributed by atoms with Gasteiger partial charge in [-0.3, -0.25) is 4.79 Å². The van der Waals surface area contributed by atoms with Crippen LogP contribution in [0.2, 0.25) is 0 Å². The van der Waals surface area contributed by atoms with Crippen molar-refractivity contribution in [3.8, 4) is 5.88 Å². The highest BCUT2D eigenvalue weighted by molar-refractivity contribution is 5.80. The predicted molar refractivity (Wildman–Crippen MR) is 235 cm³/mol. The molecule has 0 N–H and O–H groups in total. The van der Waals surface area contributed by atoms with Crippen molar-refractivity contribution in [2.75, 3.05) is 43.3 Å². The van der Waals surface area contributed by atoms with Gasteiger partial charge in [-0.15, -0.1) is 0 Å². The molecular formula is C48H59FN6O3. The summed E-state index contributed by atoms with van der Waals surface area (Å²) >= 11 is 0. The minimum Gasteiger partial charge on any atom is -0.450 e. The van der Waals surface area contributed by atoms with Crippen LogP contribution in [0.5, 0.6) is 5.88 Å². The fourth-order valence-corrected chi connectivity index (χ4v) is 6.65. The Morgan fingerprint density at radius 3 is 2.09 bits per heavy atom. The fraction of sp³-hybridized carbons (Fsp3) is 0.375. The number of piperidine rings is 1. The fourth-order valence-electron chi connectivity index (χ4n) is 6.65. The molecule has 306 valence electrons. The first-order chi connectivity index (χ1) is 28.5. The van der Waals surface area contributed by atoms with Crippen molar-refractivity contribution >= 4 is 28.7 Å². The molecule has 0 radical (unpaired) electrons. The molecule has 2 aromatic heterocycles. The predicted octanol–water partition coefficient (Wildman–Crippen LogP) is 10.5. The van der Waals surface area contributed by atoms with Gasteiger partial charge in [-0.2, -0.15) is 4.98 Å². The monoisotopic (exact) mass is 786 g/mol. The van der Waals surface area contributed by atoms with E-state index in [-0.39, 0.29) is 31.0 Å². The number of para-hydroxylation sites is 2. The van der Waals surface area contributed by atoms with Gasteiger partial charge in [0.05, 0.1) is 17.6 Å². The van der Waals surface area contributed by atoms with E-state index >= 15 is 0 Å². The summed E-state index contributed by atoms with van der Waals surface area (Å²) in [5, 5.41) is 0. The van der Waals surface area contributed by atoms with E-state index < -0.39 is 0 Å². The van der Waals surface area contributed by atoms with Crippen LogP contribution in [-0.4, -0.2) is 64.9 Å². The third kappa shape index (κ3) is 14.7. The Morgan fingerprint density at radius 1 is 0.810 bits per heavy atom. The molecule has 10 heteroatoms. The van der Waals surface area contributed by atoms with Crippen molar-refractivity contribution in [3.05, 3.63) is 145 Å². The lowest BCUT2D eigenvalue weighted by molar-refractivity contribution is -0.126. The van der Waals surface area contributed by atoms with Crippen LogP contribution in [0, 0.1) is 5.82 Å². The van der Waals surface area contributed by atoms with Crippen molar-refractivity contribution < 1.29 is 18.7 Å². The number of Topliss-reactive ketones (excluding diaryl/α,β-unsaturated/α-hetero) is 1. The SMILES string of the molecule is CC/C=C\C/C=C\C/C=C\C/C=C\C/C=C\C/C=C\CCC(=O)COCOc1ccnc(N(C)C2CCN(c3nc4ccccc4n3Cc3ccc(F)cc3)CC2)n1. The number of ether oxygens (including phenoxy) is 2. The maximum atomic E-state index is 13.6. The number of imidazole rings is 1. The van der Waals surface area contributed by atoms with Gasteiger partial charge >= 0.3 is 0 Å². The summed E-state index contributed by atoms with van der Waals surface area (Å²) in [4.78, 5) is 30.9. The van der Waals surface area contributed by atoms with Gasteiger partial charge in [0, 0.05) is 44.9 Å². The Labute approximate surface area is 344 Å². The summed E-state index contributed by atoms with van der Waals surface area (Å²) in [5.41, 5.74) is 3.02. The van der Waals surface area contributed by atoms with Crippen LogP contribution < -0.4 is 14.5 Å². The topological polar surface area (TPSA) is 85.6 Å². The Balaban J connectivity index is 0.946. The molecule has 0 amide bonds. The third-order valence-corrected chi connectivity index (χ3v) is 9.86. The molecule has 1 aliphatic rings. The molecule has 0 saturated carbocycles. The van der Waals surface area contributed by atoms with Gasteiger partial charge in [0.1, 0.15) is 12.4 Å². The number of halogens is 1. The van der Waals surface area contributed by atoms with Crippen LogP contribution in [0.4, 0.5) is 16.3 Å². The molecule has 0 bridgehead atoms. The largest absolute Gasteiger partial charge is 0.450 e. The van der Waals surface area contributed by atoms with Gasteiger partial charge in [0.2, 0.25) is 17.8 Å². The van der Waals surface area contributed by atoms with E-state index in [0.717, 1.165) is 87.0 Å². The molecule has 2 aromatic carbocycles. The van der Waals surface area contributed by atoms with Gasteiger partial charge in [-0.1, -0.05) is 104 Å². The second kappa shape index (κ2) is 24.9. The van der Waals surface area contributed by atoms with Crippen LogP contribution in [0.15, 0.2) is 134 Å². The second-order valence-corrected chi connectivity index (χ2v) is 14.2. The maximum absolute atomic E-state index is 13.6. The number of nitrogens with zero attached hydrogens (tertiary/aromatic N) is 6. The first kappa shape index (κ1) is 43.5. The number of allylic oxidation sites excluding steroid dienone is 12. The first-order valence-corrected chi connectivity index (χ1v) is 20.6. The summed E-state index contributed by atoms with van der Waals surface area (Å²) < 4.78 is 27.1. The zero-order valence-corrected chi connectivity index (χ0v) is 34.2. The van der Waals surface area contributed by atoms with Crippen LogP contribution in [0.25, 0.3) is 11.0 Å². The van der Waals surface area contributed by atoms with Crippen molar-refractivity contribution in [1.82, 2.24) is 19.5 Å². The molecule has 1 fully saturated rings. The van der Waals surface area contributed by atoms with Crippen molar-refractivity contribution in [2.24, 2.45) is 0 Å². The van der Waals surface area contributed by atoms with E-state index in [1.54, 1.807) is 12.3 Å². The van der Waals surface area contributed by atoms with Crippen LogP contribution >= 0.6 is 0 Å². The van der Waals surface area contributed by atoms with E-state index in [1.807, 2.05) is 43.5 Å². The van der Waals surface area contributed by atoms with E-state index in [0.29, 0.717) is 31.2 Å². The lowest BCUT2D eigenvalue weighted by Gasteiger charge is -2.37. The number of carbonyl (C=O) groups excluding carboxylic acids is 1. The van der Waals surface area contributed by atoms with Crippen molar-refractivity contribution in [2.45, 2.75) is 83.7 Å². The number of aromatic nitrogens is 4. The Kier molecular flexibility index (Phi) is 18.7. The number of rotatable bonds is 24. The number of anilines is 2. The van der Waals surface area contributed by atoms with E-state index in [4.69, 9.17) is 14.5 Å². The van der Waals surface area contributed by atoms with E-state index in [9.17, 15) is 9.18 Å². The van der Waals surface area contributed by atoms with Gasteiger partial charge < -0.3 is 23.8 Å². The molecule has 4 aromatic rings. The van der Waals surface area contributed by atoms with Gasteiger partial charge in [0.25, 0.3) is 0 Å². The molecule has 0 aliphatic carbocycles. The molecule has 5 rings (SSSR count). The summed E-state index contributed by atoms with van der Waals surface area (Å²) in [6.45, 7) is 4.33. The zero-order chi connectivity index (χ0) is 40.6. The number of hydrogen-bond donors (Lipinski definition) is 0. The number of carbonyl (C=O) groups is 1. The molecular weight excluding hydrogens is 728 g/mol. The molecule has 0 spiro atoms. The number of hydrogen-bond acceptors (Lipinski definition) is 8. The smallest absolute Gasteiger partial charge is 0.228 e. The van der Waals surface area contributed by atoms with Crippen LogP contribution in [0.1, 0.15) is 76.7 Å². The lowest BCUT2D eigenvalue weighted by atomic mass is 10.0. The molecule has 1 saturated heterocycles. The van der Waals surface area contributed by atoms with E-state index in [2.05, 4.69) is 104 Å². The Hall–Kier alpha value is -5.61. The minimum absolute atomic E-state index is 0.00324. The zero-order valence-electron chi connectivity index (χ0n) is 34.2. The molecule has 0 atom stereocenters. The van der Waals surface area contributed by atoms with Crippen molar-refractivity contribution in [3.63, 3.8) is 0 Å². The highest BCUT2D eigenvalue weighted by atomic mass is 19.1. The normalized spacial score (nSPS) is 14.2.